The van der Waals surface area contributed by atoms with Crippen LogP contribution >= 0.6 is 0 Å². The predicted octanol–water partition coefficient (Wildman–Crippen LogP) is 4.02. The van der Waals surface area contributed by atoms with Gasteiger partial charge >= 0.3 is 5.97 Å². The highest BCUT2D eigenvalue weighted by molar-refractivity contribution is 5.76. The van der Waals surface area contributed by atoms with Crippen molar-refractivity contribution in [2.75, 3.05) is 0 Å². The van der Waals surface area contributed by atoms with Crippen molar-refractivity contribution in [3.05, 3.63) is 70.3 Å². The fourth-order valence-corrected chi connectivity index (χ4v) is 2.57. The van der Waals surface area contributed by atoms with Crippen LogP contribution < -0.4 is 0 Å². The molecule has 104 valence electrons. The fraction of sp³-hybridized carbons (Fsp3) is 0.278. The molecule has 1 N–H and O–H groups in total. The van der Waals surface area contributed by atoms with E-state index in [2.05, 4.69) is 18.2 Å². The molecule has 0 bridgehead atoms. The summed E-state index contributed by atoms with van der Waals surface area (Å²) in [5, 5.41) is 9.50. The Morgan fingerprint density at radius 2 is 1.50 bits per heavy atom. The Hall–Kier alpha value is -2.09. The van der Waals surface area contributed by atoms with Gasteiger partial charge in [-0.1, -0.05) is 59.2 Å². The zero-order valence-corrected chi connectivity index (χ0v) is 12.2. The monoisotopic (exact) mass is 268 g/mol. The summed E-state index contributed by atoms with van der Waals surface area (Å²) in [5.74, 6) is -1.26. The summed E-state index contributed by atoms with van der Waals surface area (Å²) in [4.78, 5) is 11.6. The summed E-state index contributed by atoms with van der Waals surface area (Å²) in [7, 11) is 0. The summed E-state index contributed by atoms with van der Waals surface area (Å²) >= 11 is 0. The molecule has 0 aromatic heterocycles. The number of aryl methyl sites for hydroxylation is 3. The molecule has 0 spiro atoms. The van der Waals surface area contributed by atoms with Gasteiger partial charge in [0.1, 0.15) is 0 Å². The molecular formula is C18H20O2. The minimum atomic E-state index is -0.770. The van der Waals surface area contributed by atoms with Crippen LogP contribution in [0.4, 0.5) is 0 Å². The maximum Gasteiger partial charge on any atom is 0.311 e. The third kappa shape index (κ3) is 3.47. The molecule has 1 unspecified atom stereocenters. The lowest BCUT2D eigenvalue weighted by Crippen LogP contribution is -2.14. The first-order chi connectivity index (χ1) is 9.45. The van der Waals surface area contributed by atoms with Gasteiger partial charge in [0.05, 0.1) is 5.92 Å². The molecule has 0 radical (unpaired) electrons. The van der Waals surface area contributed by atoms with E-state index >= 15 is 0 Å². The topological polar surface area (TPSA) is 37.3 Å². The Morgan fingerprint density at radius 3 is 2.00 bits per heavy atom. The second-order valence-corrected chi connectivity index (χ2v) is 5.50. The second-order valence-electron chi connectivity index (χ2n) is 5.50. The molecule has 0 amide bonds. The van der Waals surface area contributed by atoms with Gasteiger partial charge in [-0.3, -0.25) is 4.79 Å². The van der Waals surface area contributed by atoms with E-state index in [4.69, 9.17) is 0 Å². The molecule has 2 aromatic carbocycles. The number of hydrogen-bond acceptors (Lipinski definition) is 1. The maximum absolute atomic E-state index is 11.6. The Balaban J connectivity index is 2.30. The number of carboxylic acids is 1. The van der Waals surface area contributed by atoms with Crippen LogP contribution in [0.2, 0.25) is 0 Å². The van der Waals surface area contributed by atoms with Crippen LogP contribution in [0.5, 0.6) is 0 Å². The Bertz CT molecular complexity index is 592. The average molecular weight is 268 g/mol. The number of benzene rings is 2. The Kier molecular flexibility index (Phi) is 4.23. The minimum absolute atomic E-state index is 0.489. The van der Waals surface area contributed by atoms with Crippen molar-refractivity contribution in [1.29, 1.82) is 0 Å². The van der Waals surface area contributed by atoms with Crippen molar-refractivity contribution in [2.45, 2.75) is 33.1 Å². The smallest absolute Gasteiger partial charge is 0.311 e. The van der Waals surface area contributed by atoms with Crippen LogP contribution in [0.1, 0.15) is 33.7 Å². The molecular weight excluding hydrogens is 248 g/mol. The molecule has 2 nitrogen and oxygen atoms in total. The lowest BCUT2D eigenvalue weighted by molar-refractivity contribution is -0.138. The highest BCUT2D eigenvalue weighted by atomic mass is 16.4. The van der Waals surface area contributed by atoms with Gasteiger partial charge in [-0.15, -0.1) is 0 Å². The summed E-state index contributed by atoms with van der Waals surface area (Å²) in [6.07, 6.45) is 0.529. The van der Waals surface area contributed by atoms with Crippen molar-refractivity contribution in [2.24, 2.45) is 0 Å². The highest BCUT2D eigenvalue weighted by Crippen LogP contribution is 2.23. The number of aliphatic carboxylic acids is 1. The second kappa shape index (κ2) is 5.91. The SMILES string of the molecule is Cc1ccc(C(Cc2cc(C)cc(C)c2)C(=O)O)cc1. The summed E-state index contributed by atoms with van der Waals surface area (Å²) < 4.78 is 0. The largest absolute Gasteiger partial charge is 0.481 e. The first-order valence-electron chi connectivity index (χ1n) is 6.82. The molecule has 0 heterocycles. The lowest BCUT2D eigenvalue weighted by atomic mass is 9.90. The zero-order valence-electron chi connectivity index (χ0n) is 12.2. The van der Waals surface area contributed by atoms with Gasteiger partial charge in [-0.25, -0.2) is 0 Å². The molecule has 0 aliphatic rings. The molecule has 0 saturated heterocycles. The summed E-state index contributed by atoms with van der Waals surface area (Å²) in [5.41, 5.74) is 5.43. The van der Waals surface area contributed by atoms with Crippen molar-refractivity contribution in [1.82, 2.24) is 0 Å². The standard InChI is InChI=1S/C18H20O2/c1-12-4-6-16(7-5-12)17(18(19)20)11-15-9-13(2)8-14(3)10-15/h4-10,17H,11H2,1-3H3,(H,19,20). The normalized spacial score (nSPS) is 12.2. The van der Waals surface area contributed by atoms with E-state index in [1.54, 1.807) is 0 Å². The predicted molar refractivity (Wildman–Crippen MR) is 81.2 cm³/mol. The first-order valence-corrected chi connectivity index (χ1v) is 6.82. The van der Waals surface area contributed by atoms with Crippen LogP contribution in [0.25, 0.3) is 0 Å². The van der Waals surface area contributed by atoms with Crippen LogP contribution in [0, 0.1) is 20.8 Å². The molecule has 0 fully saturated rings. The molecule has 2 rings (SSSR count). The number of carboxylic acid groups (broad SMARTS) is 1. The van der Waals surface area contributed by atoms with E-state index in [-0.39, 0.29) is 0 Å². The van der Waals surface area contributed by atoms with Gasteiger partial charge in [0, 0.05) is 0 Å². The van der Waals surface area contributed by atoms with E-state index in [0.29, 0.717) is 6.42 Å². The van der Waals surface area contributed by atoms with Crippen molar-refractivity contribution < 1.29 is 9.90 Å². The van der Waals surface area contributed by atoms with E-state index in [9.17, 15) is 9.90 Å². The third-order valence-corrected chi connectivity index (χ3v) is 3.50. The van der Waals surface area contributed by atoms with Gasteiger partial charge in [-0.05, 0) is 38.3 Å². The summed E-state index contributed by atoms with van der Waals surface area (Å²) in [6.45, 7) is 6.08. The molecule has 0 aliphatic carbocycles. The number of carbonyl (C=O) groups is 1. The number of hydrogen-bond donors (Lipinski definition) is 1. The van der Waals surface area contributed by atoms with Crippen molar-refractivity contribution in [3.63, 3.8) is 0 Å². The van der Waals surface area contributed by atoms with Gasteiger partial charge in [0.2, 0.25) is 0 Å². The summed E-state index contributed by atoms with van der Waals surface area (Å²) in [6, 6.07) is 14.0. The van der Waals surface area contributed by atoms with E-state index in [0.717, 1.165) is 16.7 Å². The van der Waals surface area contributed by atoms with E-state index in [1.807, 2.05) is 45.0 Å². The van der Waals surface area contributed by atoms with Gasteiger partial charge in [0.25, 0.3) is 0 Å². The number of rotatable bonds is 4. The molecule has 2 heteroatoms. The lowest BCUT2D eigenvalue weighted by Gasteiger charge is -2.14. The molecule has 0 aliphatic heterocycles. The van der Waals surface area contributed by atoms with Crippen LogP contribution in [-0.2, 0) is 11.2 Å². The fourth-order valence-electron chi connectivity index (χ4n) is 2.57. The molecule has 20 heavy (non-hydrogen) atoms. The highest BCUT2D eigenvalue weighted by Gasteiger charge is 2.20. The van der Waals surface area contributed by atoms with E-state index in [1.165, 1.54) is 11.1 Å². The van der Waals surface area contributed by atoms with Crippen LogP contribution in [-0.4, -0.2) is 11.1 Å². The molecule has 0 saturated carbocycles. The molecule has 2 aromatic rings. The first kappa shape index (κ1) is 14.3. The Labute approximate surface area is 120 Å². The third-order valence-electron chi connectivity index (χ3n) is 3.50. The van der Waals surface area contributed by atoms with Crippen molar-refractivity contribution >= 4 is 5.97 Å². The average Bonchev–Trinajstić information content (AvgIpc) is 2.36. The molecule has 1 atom stereocenters. The van der Waals surface area contributed by atoms with E-state index < -0.39 is 11.9 Å². The quantitative estimate of drug-likeness (QED) is 0.909. The maximum atomic E-state index is 11.6. The van der Waals surface area contributed by atoms with Gasteiger partial charge in [0.15, 0.2) is 0 Å². The van der Waals surface area contributed by atoms with Crippen LogP contribution in [0.15, 0.2) is 42.5 Å². The van der Waals surface area contributed by atoms with Crippen LogP contribution in [0.3, 0.4) is 0 Å². The Morgan fingerprint density at radius 1 is 0.950 bits per heavy atom. The van der Waals surface area contributed by atoms with Gasteiger partial charge < -0.3 is 5.11 Å². The van der Waals surface area contributed by atoms with Gasteiger partial charge in [-0.2, -0.15) is 0 Å². The zero-order chi connectivity index (χ0) is 14.7. The minimum Gasteiger partial charge on any atom is -0.481 e. The van der Waals surface area contributed by atoms with Crippen molar-refractivity contribution in [3.8, 4) is 0 Å².